The maximum atomic E-state index is 12.4. The summed E-state index contributed by atoms with van der Waals surface area (Å²) in [7, 11) is 0. The zero-order valence-corrected chi connectivity index (χ0v) is 22.5. The first-order valence-corrected chi connectivity index (χ1v) is 12.1. The van der Waals surface area contributed by atoms with Crippen LogP contribution in [0.4, 0.5) is 0 Å². The van der Waals surface area contributed by atoms with E-state index in [9.17, 15) is 14.4 Å². The lowest BCUT2D eigenvalue weighted by Gasteiger charge is -2.14. The Hall–Kier alpha value is -4.97. The molecule has 0 N–H and O–H groups in total. The number of carbonyl (C=O) groups is 3. The average molecular weight is 523 g/mol. The molecule has 0 amide bonds. The first kappa shape index (κ1) is 28.6. The topological polar surface area (TPSA) is 78.9 Å². The van der Waals surface area contributed by atoms with E-state index in [0.29, 0.717) is 34.0 Å². The molecular formula is C33H30O6. The van der Waals surface area contributed by atoms with E-state index in [2.05, 4.69) is 19.7 Å². The minimum atomic E-state index is -0.540. The summed E-state index contributed by atoms with van der Waals surface area (Å²) in [6, 6.07) is 17.7. The number of carbonyl (C=O) groups excluding carboxylic acids is 3. The van der Waals surface area contributed by atoms with Gasteiger partial charge in [0, 0.05) is 22.3 Å². The third-order valence-corrected chi connectivity index (χ3v) is 5.54. The number of hydrogen-bond donors (Lipinski definition) is 0. The lowest BCUT2D eigenvalue weighted by Crippen LogP contribution is -2.09. The first-order valence-electron chi connectivity index (χ1n) is 12.1. The Morgan fingerprint density at radius 2 is 1.10 bits per heavy atom. The van der Waals surface area contributed by atoms with Crippen LogP contribution in [0.5, 0.6) is 17.2 Å². The van der Waals surface area contributed by atoms with E-state index < -0.39 is 17.9 Å². The molecule has 39 heavy (non-hydrogen) atoms. The SMILES string of the molecule is C=C(C)C(=O)Oc1ccc(/C=C/c2cc(OC(=O)C(=C)C)c(-c3ccc(OC(=O)C(=C)C)cc3)cc2C)cc1. The molecule has 0 spiro atoms. The molecule has 0 bridgehead atoms. The molecular weight excluding hydrogens is 492 g/mol. The fourth-order valence-electron chi connectivity index (χ4n) is 3.30. The number of rotatable bonds is 9. The molecule has 0 fully saturated rings. The number of benzene rings is 3. The standard InChI is InChI=1S/C33H30O6/c1-20(2)31(34)37-27-14-9-24(10-15-27)8-11-26-19-30(39-33(36)22(5)6)29(18-23(26)7)25-12-16-28(17-13-25)38-32(35)21(3)4/h8-19H,1,3,5H2,2,4,6-7H3/b11-8+. The van der Waals surface area contributed by atoms with Crippen LogP contribution in [0.25, 0.3) is 23.3 Å². The van der Waals surface area contributed by atoms with Gasteiger partial charge in [-0.05, 0) is 86.3 Å². The van der Waals surface area contributed by atoms with Crippen LogP contribution in [0.15, 0.2) is 97.1 Å². The van der Waals surface area contributed by atoms with Gasteiger partial charge in [-0.2, -0.15) is 0 Å². The summed E-state index contributed by atoms with van der Waals surface area (Å²) in [5.74, 6) is -0.357. The molecule has 3 rings (SSSR count). The predicted molar refractivity (Wildman–Crippen MR) is 153 cm³/mol. The van der Waals surface area contributed by atoms with Crippen molar-refractivity contribution in [1.29, 1.82) is 0 Å². The van der Waals surface area contributed by atoms with Crippen LogP contribution in [0.3, 0.4) is 0 Å². The highest BCUT2D eigenvalue weighted by Crippen LogP contribution is 2.35. The summed E-state index contributed by atoms with van der Waals surface area (Å²) >= 11 is 0. The molecule has 0 unspecified atom stereocenters. The second-order valence-electron chi connectivity index (χ2n) is 9.14. The second kappa shape index (κ2) is 12.5. The highest BCUT2D eigenvalue weighted by atomic mass is 16.5. The maximum absolute atomic E-state index is 12.4. The van der Waals surface area contributed by atoms with Crippen molar-refractivity contribution in [2.45, 2.75) is 27.7 Å². The molecule has 0 aliphatic heterocycles. The van der Waals surface area contributed by atoms with E-state index in [1.165, 1.54) is 0 Å². The van der Waals surface area contributed by atoms with Crippen LogP contribution < -0.4 is 14.2 Å². The molecule has 0 radical (unpaired) electrons. The molecule has 0 aliphatic rings. The fourth-order valence-corrected chi connectivity index (χ4v) is 3.30. The smallest absolute Gasteiger partial charge is 0.338 e. The van der Waals surface area contributed by atoms with Crippen molar-refractivity contribution in [2.24, 2.45) is 0 Å². The van der Waals surface area contributed by atoms with Gasteiger partial charge in [0.2, 0.25) is 0 Å². The highest BCUT2D eigenvalue weighted by Gasteiger charge is 2.15. The van der Waals surface area contributed by atoms with E-state index in [-0.39, 0.29) is 5.57 Å². The van der Waals surface area contributed by atoms with Gasteiger partial charge in [0.1, 0.15) is 17.2 Å². The third kappa shape index (κ3) is 7.76. The van der Waals surface area contributed by atoms with Crippen molar-refractivity contribution in [2.75, 3.05) is 0 Å². The summed E-state index contributed by atoms with van der Waals surface area (Å²) in [4.78, 5) is 35.9. The zero-order valence-electron chi connectivity index (χ0n) is 22.5. The molecule has 3 aromatic carbocycles. The summed E-state index contributed by atoms with van der Waals surface area (Å²) in [6.45, 7) is 17.5. The van der Waals surface area contributed by atoms with E-state index in [1.807, 2.05) is 37.3 Å². The molecule has 0 atom stereocenters. The molecule has 0 saturated heterocycles. The normalized spacial score (nSPS) is 10.6. The molecule has 6 nitrogen and oxygen atoms in total. The predicted octanol–water partition coefficient (Wildman–Crippen LogP) is 7.28. The zero-order chi connectivity index (χ0) is 28.7. The number of ether oxygens (including phenoxy) is 3. The monoisotopic (exact) mass is 522 g/mol. The summed E-state index contributed by atoms with van der Waals surface area (Å²) in [6.07, 6.45) is 3.81. The van der Waals surface area contributed by atoms with Crippen LogP contribution in [0.2, 0.25) is 0 Å². The van der Waals surface area contributed by atoms with Crippen molar-refractivity contribution < 1.29 is 28.6 Å². The van der Waals surface area contributed by atoms with Gasteiger partial charge in [-0.3, -0.25) is 0 Å². The Kier molecular flexibility index (Phi) is 9.18. The molecule has 0 heterocycles. The molecule has 3 aromatic rings. The van der Waals surface area contributed by atoms with Gasteiger partial charge in [-0.25, -0.2) is 14.4 Å². The molecule has 0 saturated carbocycles. The molecule has 0 aliphatic carbocycles. The third-order valence-electron chi connectivity index (χ3n) is 5.54. The van der Waals surface area contributed by atoms with Gasteiger partial charge < -0.3 is 14.2 Å². The van der Waals surface area contributed by atoms with Gasteiger partial charge >= 0.3 is 17.9 Å². The second-order valence-corrected chi connectivity index (χ2v) is 9.14. The minimum Gasteiger partial charge on any atom is -0.423 e. The Morgan fingerprint density at radius 3 is 1.59 bits per heavy atom. The highest BCUT2D eigenvalue weighted by molar-refractivity contribution is 5.91. The van der Waals surface area contributed by atoms with E-state index >= 15 is 0 Å². The molecule has 6 heteroatoms. The Labute approximate surface area is 228 Å². The summed E-state index contributed by atoms with van der Waals surface area (Å²) < 4.78 is 16.2. The van der Waals surface area contributed by atoms with Gasteiger partial charge in [-0.15, -0.1) is 0 Å². The molecule has 198 valence electrons. The van der Waals surface area contributed by atoms with Crippen molar-refractivity contribution in [3.8, 4) is 28.4 Å². The van der Waals surface area contributed by atoms with Crippen molar-refractivity contribution >= 4 is 30.1 Å². The van der Waals surface area contributed by atoms with Crippen LogP contribution in [0.1, 0.15) is 37.5 Å². The summed E-state index contributed by atoms with van der Waals surface area (Å²) in [5.41, 5.74) is 5.03. The van der Waals surface area contributed by atoms with Gasteiger partial charge in [-0.1, -0.05) is 56.2 Å². The van der Waals surface area contributed by atoms with E-state index in [0.717, 1.165) is 22.3 Å². The van der Waals surface area contributed by atoms with Crippen LogP contribution in [-0.2, 0) is 14.4 Å². The van der Waals surface area contributed by atoms with Crippen molar-refractivity contribution in [1.82, 2.24) is 0 Å². The van der Waals surface area contributed by atoms with E-state index in [1.54, 1.807) is 63.2 Å². The lowest BCUT2D eigenvalue weighted by molar-refractivity contribution is -0.130. The summed E-state index contributed by atoms with van der Waals surface area (Å²) in [5, 5.41) is 0. The van der Waals surface area contributed by atoms with Crippen LogP contribution in [0, 0.1) is 6.92 Å². The Morgan fingerprint density at radius 1 is 0.641 bits per heavy atom. The first-order chi connectivity index (χ1) is 18.4. The quantitative estimate of drug-likeness (QED) is 0.127. The Bertz CT molecular complexity index is 1490. The number of aryl methyl sites for hydroxylation is 1. The maximum Gasteiger partial charge on any atom is 0.338 e. The Balaban J connectivity index is 1.91. The fraction of sp³-hybridized carbons (Fsp3) is 0.121. The minimum absolute atomic E-state index is 0.271. The van der Waals surface area contributed by atoms with E-state index in [4.69, 9.17) is 14.2 Å². The van der Waals surface area contributed by atoms with Crippen molar-refractivity contribution in [3.05, 3.63) is 114 Å². The lowest BCUT2D eigenvalue weighted by atomic mass is 9.97. The number of esters is 3. The molecule has 0 aromatic heterocycles. The van der Waals surface area contributed by atoms with Crippen LogP contribution in [-0.4, -0.2) is 17.9 Å². The van der Waals surface area contributed by atoms with Gasteiger partial charge in [0.15, 0.2) is 0 Å². The number of hydrogen-bond acceptors (Lipinski definition) is 6. The largest absolute Gasteiger partial charge is 0.423 e. The average Bonchev–Trinajstić information content (AvgIpc) is 2.89. The van der Waals surface area contributed by atoms with Crippen molar-refractivity contribution in [3.63, 3.8) is 0 Å². The van der Waals surface area contributed by atoms with Gasteiger partial charge in [0.05, 0.1) is 0 Å². The van der Waals surface area contributed by atoms with Crippen LogP contribution >= 0.6 is 0 Å². The van der Waals surface area contributed by atoms with Gasteiger partial charge in [0.25, 0.3) is 0 Å².